The van der Waals surface area contributed by atoms with Gasteiger partial charge in [-0.15, -0.1) is 0 Å². The Labute approximate surface area is 161 Å². The minimum absolute atomic E-state index is 1.11. The lowest BCUT2D eigenvalue weighted by molar-refractivity contribution is 0.630. The van der Waals surface area contributed by atoms with Crippen LogP contribution in [0.4, 0.5) is 0 Å². The molecule has 0 radical (unpaired) electrons. The van der Waals surface area contributed by atoms with E-state index in [-0.39, 0.29) is 0 Å². The van der Waals surface area contributed by atoms with E-state index in [0.29, 0.717) is 0 Å². The van der Waals surface area contributed by atoms with E-state index in [1.54, 1.807) is 21.6 Å². The third-order valence-corrected chi connectivity index (χ3v) is 7.97. The van der Waals surface area contributed by atoms with E-state index in [0.717, 1.165) is 10.1 Å². The van der Waals surface area contributed by atoms with Crippen LogP contribution in [0, 0.1) is 0 Å². The number of unbranched alkanes of at least 4 members (excludes halogenated alkanes) is 5. The lowest BCUT2D eigenvalue weighted by atomic mass is 10.1. The molecule has 0 saturated heterocycles. The van der Waals surface area contributed by atoms with Crippen LogP contribution in [0.5, 0.6) is 0 Å². The molecule has 2 aromatic heterocycles. The minimum atomic E-state index is 1.11. The van der Waals surface area contributed by atoms with E-state index in [1.807, 2.05) is 58.2 Å². The lowest BCUT2D eigenvalue weighted by Gasteiger charge is -2.02. The molecule has 0 atom stereocenters. The van der Waals surface area contributed by atoms with E-state index in [2.05, 4.69) is 22.1 Å². The van der Waals surface area contributed by atoms with Crippen LogP contribution in [0.2, 0.25) is 0 Å². The van der Waals surface area contributed by atoms with Crippen molar-refractivity contribution < 1.29 is 0 Å². The second kappa shape index (κ2) is 13.9. The van der Waals surface area contributed by atoms with Gasteiger partial charge in [-0.3, -0.25) is 0 Å². The Balaban J connectivity index is 1.32. The van der Waals surface area contributed by atoms with Gasteiger partial charge in [0.05, 0.1) is 0 Å². The number of pyridine rings is 2. The van der Waals surface area contributed by atoms with Gasteiger partial charge in [-0.1, -0.05) is 59.4 Å². The Bertz CT molecular complexity index is 476. The molecule has 0 unspecified atom stereocenters. The Morgan fingerprint density at radius 2 is 1.04 bits per heavy atom. The zero-order valence-electron chi connectivity index (χ0n) is 13.8. The number of rotatable bonds is 13. The van der Waals surface area contributed by atoms with Crippen LogP contribution >= 0.6 is 43.2 Å². The summed E-state index contributed by atoms with van der Waals surface area (Å²) in [7, 11) is 7.43. The maximum atomic E-state index is 4.32. The maximum Gasteiger partial charge on any atom is 0.106 e. The molecule has 0 N–H and O–H groups in total. The number of aromatic nitrogens is 2. The summed E-state index contributed by atoms with van der Waals surface area (Å²) in [5, 5.41) is 2.23. The van der Waals surface area contributed by atoms with Crippen molar-refractivity contribution in [2.45, 2.75) is 48.6 Å². The number of hydrogen-bond acceptors (Lipinski definition) is 6. The summed E-state index contributed by atoms with van der Waals surface area (Å²) in [5.41, 5.74) is 0. The summed E-state index contributed by atoms with van der Waals surface area (Å²) in [6.07, 6.45) is 11.8. The minimum Gasteiger partial charge on any atom is -0.249 e. The molecule has 0 aliphatic rings. The first kappa shape index (κ1) is 20.0. The Morgan fingerprint density at radius 1 is 0.583 bits per heavy atom. The van der Waals surface area contributed by atoms with Crippen LogP contribution in [-0.4, -0.2) is 21.5 Å². The molecule has 2 nitrogen and oxygen atoms in total. The van der Waals surface area contributed by atoms with Crippen LogP contribution in [0.1, 0.15) is 38.5 Å². The van der Waals surface area contributed by atoms with Crippen molar-refractivity contribution in [3.05, 3.63) is 48.8 Å². The molecule has 6 heteroatoms. The summed E-state index contributed by atoms with van der Waals surface area (Å²) < 4.78 is 0. The summed E-state index contributed by atoms with van der Waals surface area (Å²) >= 11 is 0. The average Bonchev–Trinajstić information content (AvgIpc) is 2.64. The Kier molecular flexibility index (Phi) is 11.6. The molecular weight excluding hydrogens is 372 g/mol. The molecule has 2 aromatic rings. The van der Waals surface area contributed by atoms with Crippen molar-refractivity contribution in [1.82, 2.24) is 9.97 Å². The lowest BCUT2D eigenvalue weighted by Crippen LogP contribution is -1.83. The largest absolute Gasteiger partial charge is 0.249 e. The molecule has 0 aliphatic heterocycles. The molecule has 24 heavy (non-hydrogen) atoms. The molecule has 2 heterocycles. The van der Waals surface area contributed by atoms with Crippen molar-refractivity contribution in [3.63, 3.8) is 0 Å². The van der Waals surface area contributed by atoms with Gasteiger partial charge in [0.25, 0.3) is 0 Å². The molecule has 0 aromatic carbocycles. The fourth-order valence-electron chi connectivity index (χ4n) is 2.03. The van der Waals surface area contributed by atoms with Crippen molar-refractivity contribution in [2.75, 3.05) is 11.5 Å². The predicted octanol–water partition coefficient (Wildman–Crippen LogP) is 7.00. The zero-order chi connectivity index (χ0) is 16.7. The molecule has 0 spiro atoms. The smallest absolute Gasteiger partial charge is 0.106 e. The summed E-state index contributed by atoms with van der Waals surface area (Å²) in [6.45, 7) is 0. The van der Waals surface area contributed by atoms with Crippen LogP contribution in [0.3, 0.4) is 0 Å². The van der Waals surface area contributed by atoms with Crippen LogP contribution in [-0.2, 0) is 0 Å². The SMILES string of the molecule is c1ccc(SSCCCCCCCCSSc2ccccn2)nc1. The molecule has 0 aliphatic carbocycles. The van der Waals surface area contributed by atoms with Crippen molar-refractivity contribution in [3.8, 4) is 0 Å². The standard InChI is InChI=1S/C18H24N2S4/c1(3-9-15-21-23-17-11-5-7-13-19-17)2-4-10-16-22-24-18-12-6-8-14-20-18/h5-8,11-14H,1-4,9-10,15-16H2. The highest BCUT2D eigenvalue weighted by atomic mass is 33.1. The van der Waals surface area contributed by atoms with E-state index in [9.17, 15) is 0 Å². The van der Waals surface area contributed by atoms with Gasteiger partial charge in [0.15, 0.2) is 0 Å². The Hall–Kier alpha value is -0.300. The van der Waals surface area contributed by atoms with E-state index in [1.165, 1.54) is 50.0 Å². The first-order valence-electron chi connectivity index (χ1n) is 8.36. The zero-order valence-corrected chi connectivity index (χ0v) is 17.1. The number of nitrogens with zero attached hydrogens (tertiary/aromatic N) is 2. The molecule has 0 saturated carbocycles. The van der Waals surface area contributed by atoms with Crippen LogP contribution < -0.4 is 0 Å². The fourth-order valence-corrected chi connectivity index (χ4v) is 6.08. The second-order valence-electron chi connectivity index (χ2n) is 5.27. The number of hydrogen-bond donors (Lipinski definition) is 0. The van der Waals surface area contributed by atoms with E-state index in [4.69, 9.17) is 0 Å². The molecule has 2 rings (SSSR count). The summed E-state index contributed by atoms with van der Waals surface area (Å²) in [6, 6.07) is 12.2. The fraction of sp³-hybridized carbons (Fsp3) is 0.444. The van der Waals surface area contributed by atoms with Gasteiger partial charge in [-0.05, 0) is 58.7 Å². The van der Waals surface area contributed by atoms with Crippen LogP contribution in [0.25, 0.3) is 0 Å². The molecule has 130 valence electrons. The van der Waals surface area contributed by atoms with E-state index >= 15 is 0 Å². The summed E-state index contributed by atoms with van der Waals surface area (Å²) in [5.74, 6) is 2.44. The highest BCUT2D eigenvalue weighted by Crippen LogP contribution is 2.31. The van der Waals surface area contributed by atoms with Crippen molar-refractivity contribution in [1.29, 1.82) is 0 Å². The van der Waals surface area contributed by atoms with Gasteiger partial charge < -0.3 is 0 Å². The van der Waals surface area contributed by atoms with Crippen LogP contribution in [0.15, 0.2) is 58.8 Å². The van der Waals surface area contributed by atoms with Gasteiger partial charge in [0.2, 0.25) is 0 Å². The first-order valence-corrected chi connectivity index (χ1v) is 13.0. The monoisotopic (exact) mass is 396 g/mol. The molecular formula is C18H24N2S4. The van der Waals surface area contributed by atoms with E-state index < -0.39 is 0 Å². The first-order chi connectivity index (χ1) is 11.9. The normalized spacial score (nSPS) is 10.8. The molecule has 0 fully saturated rings. The third kappa shape index (κ3) is 9.87. The highest BCUT2D eigenvalue weighted by Gasteiger charge is 1.97. The van der Waals surface area contributed by atoms with Gasteiger partial charge in [-0.25, -0.2) is 9.97 Å². The molecule has 0 amide bonds. The van der Waals surface area contributed by atoms with Gasteiger partial charge in [-0.2, -0.15) is 0 Å². The summed E-state index contributed by atoms with van der Waals surface area (Å²) in [4.78, 5) is 8.63. The Morgan fingerprint density at radius 3 is 1.46 bits per heavy atom. The topological polar surface area (TPSA) is 25.8 Å². The predicted molar refractivity (Wildman–Crippen MR) is 113 cm³/mol. The molecule has 0 bridgehead atoms. The van der Waals surface area contributed by atoms with Gasteiger partial charge in [0, 0.05) is 23.9 Å². The quantitative estimate of drug-likeness (QED) is 0.267. The maximum absolute atomic E-state index is 4.32. The third-order valence-electron chi connectivity index (χ3n) is 3.27. The average molecular weight is 397 g/mol. The second-order valence-corrected chi connectivity index (χ2v) is 10.1. The van der Waals surface area contributed by atoms with Gasteiger partial charge in [0.1, 0.15) is 10.1 Å². The van der Waals surface area contributed by atoms with Crippen molar-refractivity contribution >= 4 is 43.2 Å². The van der Waals surface area contributed by atoms with Gasteiger partial charge >= 0.3 is 0 Å². The highest BCUT2D eigenvalue weighted by molar-refractivity contribution is 8.77. The van der Waals surface area contributed by atoms with Crippen molar-refractivity contribution in [2.24, 2.45) is 0 Å².